The molecule has 0 radical (unpaired) electrons. The molecule has 2 fully saturated rings. The molecule has 13 heavy (non-hydrogen) atoms. The van der Waals surface area contributed by atoms with E-state index in [4.69, 9.17) is 10.5 Å². The second-order valence-electron chi connectivity index (χ2n) is 4.59. The number of rotatable bonds is 2. The fourth-order valence-electron chi connectivity index (χ4n) is 2.59. The van der Waals surface area contributed by atoms with Crippen LogP contribution in [0.2, 0.25) is 0 Å². The van der Waals surface area contributed by atoms with Gasteiger partial charge in [-0.2, -0.15) is 0 Å². The van der Waals surface area contributed by atoms with Crippen molar-refractivity contribution in [3.05, 3.63) is 11.6 Å². The van der Waals surface area contributed by atoms with Crippen LogP contribution in [-0.2, 0) is 4.74 Å². The van der Waals surface area contributed by atoms with Gasteiger partial charge in [0.05, 0.1) is 12.2 Å². The maximum absolute atomic E-state index is 6.11. The van der Waals surface area contributed by atoms with Gasteiger partial charge in [0.15, 0.2) is 0 Å². The smallest absolute Gasteiger partial charge is 0.0626 e. The predicted octanol–water partition coefficient (Wildman–Crippen LogP) is 1.85. The van der Waals surface area contributed by atoms with Crippen molar-refractivity contribution in [2.24, 2.45) is 11.7 Å². The molecule has 4 unspecified atom stereocenters. The number of fused-ring (bicyclic) bond motifs is 2. The van der Waals surface area contributed by atoms with Crippen LogP contribution in [0.5, 0.6) is 0 Å². The number of allylic oxidation sites excluding steroid dienone is 1. The molecule has 0 amide bonds. The average molecular weight is 181 g/mol. The molecule has 2 rings (SSSR count). The van der Waals surface area contributed by atoms with Gasteiger partial charge in [0.25, 0.3) is 0 Å². The van der Waals surface area contributed by atoms with Crippen LogP contribution in [0.4, 0.5) is 0 Å². The predicted molar refractivity (Wildman–Crippen MR) is 53.4 cm³/mol. The summed E-state index contributed by atoms with van der Waals surface area (Å²) in [4.78, 5) is 0. The van der Waals surface area contributed by atoms with E-state index in [0.717, 1.165) is 0 Å². The number of hydrogen-bond donors (Lipinski definition) is 1. The van der Waals surface area contributed by atoms with E-state index in [1.807, 2.05) is 0 Å². The first-order valence-corrected chi connectivity index (χ1v) is 5.23. The van der Waals surface area contributed by atoms with Crippen LogP contribution in [0.1, 0.15) is 33.1 Å². The summed E-state index contributed by atoms with van der Waals surface area (Å²) >= 11 is 0. The summed E-state index contributed by atoms with van der Waals surface area (Å²) in [6, 6.07) is 0.209. The zero-order valence-corrected chi connectivity index (χ0v) is 8.49. The second-order valence-corrected chi connectivity index (χ2v) is 4.59. The van der Waals surface area contributed by atoms with Crippen molar-refractivity contribution in [2.75, 3.05) is 0 Å². The van der Waals surface area contributed by atoms with Gasteiger partial charge in [0, 0.05) is 12.0 Å². The molecule has 2 aliphatic rings. The number of hydrogen-bond acceptors (Lipinski definition) is 2. The van der Waals surface area contributed by atoms with Crippen molar-refractivity contribution in [3.8, 4) is 0 Å². The molecule has 0 aromatic rings. The second kappa shape index (κ2) is 3.43. The Morgan fingerprint density at radius 1 is 1.46 bits per heavy atom. The SMILES string of the molecule is CC(C)=CC(N)C1CC2CCC1O2. The van der Waals surface area contributed by atoms with Gasteiger partial charge in [0.2, 0.25) is 0 Å². The zero-order chi connectivity index (χ0) is 9.42. The first kappa shape index (κ1) is 9.22. The van der Waals surface area contributed by atoms with Crippen LogP contribution < -0.4 is 5.73 Å². The van der Waals surface area contributed by atoms with E-state index >= 15 is 0 Å². The van der Waals surface area contributed by atoms with E-state index in [0.29, 0.717) is 18.1 Å². The lowest BCUT2D eigenvalue weighted by molar-refractivity contribution is 0.0908. The van der Waals surface area contributed by atoms with E-state index in [1.54, 1.807) is 0 Å². The molecular weight excluding hydrogens is 162 g/mol. The Morgan fingerprint density at radius 3 is 2.69 bits per heavy atom. The van der Waals surface area contributed by atoms with Crippen LogP contribution in [0, 0.1) is 5.92 Å². The lowest BCUT2D eigenvalue weighted by Crippen LogP contribution is -2.34. The lowest BCUT2D eigenvalue weighted by atomic mass is 9.83. The Labute approximate surface area is 80.1 Å². The fourth-order valence-corrected chi connectivity index (χ4v) is 2.59. The molecule has 74 valence electrons. The molecule has 0 aromatic carbocycles. The number of nitrogens with two attached hydrogens (primary N) is 1. The van der Waals surface area contributed by atoms with Crippen molar-refractivity contribution in [1.82, 2.24) is 0 Å². The minimum absolute atomic E-state index is 0.209. The van der Waals surface area contributed by atoms with Gasteiger partial charge in [-0.1, -0.05) is 11.6 Å². The zero-order valence-electron chi connectivity index (χ0n) is 8.49. The number of ether oxygens (including phenoxy) is 1. The van der Waals surface area contributed by atoms with E-state index in [9.17, 15) is 0 Å². The molecule has 2 saturated heterocycles. The van der Waals surface area contributed by atoms with Crippen LogP contribution in [0.15, 0.2) is 11.6 Å². The molecule has 2 heterocycles. The molecule has 0 saturated carbocycles. The summed E-state index contributed by atoms with van der Waals surface area (Å²) in [5.41, 5.74) is 7.43. The highest BCUT2D eigenvalue weighted by atomic mass is 16.5. The average Bonchev–Trinajstić information content (AvgIpc) is 2.62. The Balaban J connectivity index is 1.98. The van der Waals surface area contributed by atoms with Crippen LogP contribution in [0.3, 0.4) is 0 Å². The van der Waals surface area contributed by atoms with Crippen molar-refractivity contribution in [3.63, 3.8) is 0 Å². The van der Waals surface area contributed by atoms with E-state index < -0.39 is 0 Å². The third kappa shape index (κ3) is 1.79. The van der Waals surface area contributed by atoms with Gasteiger partial charge < -0.3 is 10.5 Å². The monoisotopic (exact) mass is 181 g/mol. The van der Waals surface area contributed by atoms with Crippen LogP contribution in [0.25, 0.3) is 0 Å². The molecule has 4 atom stereocenters. The lowest BCUT2D eigenvalue weighted by Gasteiger charge is -2.23. The Bertz CT molecular complexity index is 220. The van der Waals surface area contributed by atoms with E-state index in [1.165, 1.54) is 24.8 Å². The summed E-state index contributed by atoms with van der Waals surface area (Å²) in [7, 11) is 0. The molecule has 2 bridgehead atoms. The van der Waals surface area contributed by atoms with Crippen LogP contribution >= 0.6 is 0 Å². The van der Waals surface area contributed by atoms with Crippen molar-refractivity contribution < 1.29 is 4.74 Å². The quantitative estimate of drug-likeness (QED) is 0.660. The summed E-state index contributed by atoms with van der Waals surface area (Å²) in [6.45, 7) is 4.21. The normalized spacial score (nSPS) is 39.2. The standard InChI is InChI=1S/C11H19NO/c1-7(2)5-10(12)9-6-8-3-4-11(9)13-8/h5,8-11H,3-4,6,12H2,1-2H3. The Kier molecular flexibility index (Phi) is 2.43. The molecule has 2 N–H and O–H groups in total. The molecular formula is C11H19NO. The van der Waals surface area contributed by atoms with Gasteiger partial charge in [-0.15, -0.1) is 0 Å². The minimum atomic E-state index is 0.209. The van der Waals surface area contributed by atoms with Gasteiger partial charge in [0.1, 0.15) is 0 Å². The van der Waals surface area contributed by atoms with Crippen molar-refractivity contribution in [2.45, 2.75) is 51.4 Å². The van der Waals surface area contributed by atoms with E-state index in [-0.39, 0.29) is 6.04 Å². The van der Waals surface area contributed by atoms with Crippen LogP contribution in [-0.4, -0.2) is 18.2 Å². The Morgan fingerprint density at radius 2 is 2.23 bits per heavy atom. The third-order valence-corrected chi connectivity index (χ3v) is 3.17. The molecule has 0 spiro atoms. The highest BCUT2D eigenvalue weighted by Gasteiger charge is 2.42. The first-order chi connectivity index (χ1) is 6.16. The molecule has 0 aromatic heterocycles. The first-order valence-electron chi connectivity index (χ1n) is 5.23. The molecule has 2 nitrogen and oxygen atoms in total. The van der Waals surface area contributed by atoms with Gasteiger partial charge >= 0.3 is 0 Å². The molecule has 2 heteroatoms. The molecule has 0 aliphatic carbocycles. The van der Waals surface area contributed by atoms with Crippen molar-refractivity contribution in [1.29, 1.82) is 0 Å². The van der Waals surface area contributed by atoms with Crippen molar-refractivity contribution >= 4 is 0 Å². The highest BCUT2D eigenvalue weighted by molar-refractivity contribution is 5.06. The largest absolute Gasteiger partial charge is 0.375 e. The molecule has 2 aliphatic heterocycles. The topological polar surface area (TPSA) is 35.2 Å². The maximum atomic E-state index is 6.11. The van der Waals surface area contributed by atoms with Gasteiger partial charge in [-0.25, -0.2) is 0 Å². The summed E-state index contributed by atoms with van der Waals surface area (Å²) in [5.74, 6) is 0.577. The fraction of sp³-hybridized carbons (Fsp3) is 0.818. The maximum Gasteiger partial charge on any atom is 0.0626 e. The van der Waals surface area contributed by atoms with Gasteiger partial charge in [-0.05, 0) is 33.1 Å². The Hall–Kier alpha value is -0.340. The minimum Gasteiger partial charge on any atom is -0.375 e. The third-order valence-electron chi connectivity index (χ3n) is 3.17. The summed E-state index contributed by atoms with van der Waals surface area (Å²) < 4.78 is 5.78. The summed E-state index contributed by atoms with van der Waals surface area (Å²) in [5, 5.41) is 0. The summed E-state index contributed by atoms with van der Waals surface area (Å²) in [6.07, 6.45) is 6.80. The highest BCUT2D eigenvalue weighted by Crippen LogP contribution is 2.40. The van der Waals surface area contributed by atoms with E-state index in [2.05, 4.69) is 19.9 Å². The van der Waals surface area contributed by atoms with Gasteiger partial charge in [-0.3, -0.25) is 0 Å².